The van der Waals surface area contributed by atoms with Gasteiger partial charge in [0, 0.05) is 25.4 Å². The van der Waals surface area contributed by atoms with E-state index in [1.165, 1.54) is 16.5 Å². The van der Waals surface area contributed by atoms with Crippen LogP contribution in [0.1, 0.15) is 12.0 Å². The molecule has 0 fully saturated rings. The zero-order chi connectivity index (χ0) is 9.97. The first-order chi connectivity index (χ1) is 6.81. The lowest BCUT2D eigenvalue weighted by molar-refractivity contribution is 0.288. The van der Waals surface area contributed by atoms with Gasteiger partial charge in [-0.3, -0.25) is 0 Å². The first-order valence-corrected chi connectivity index (χ1v) is 4.96. The van der Waals surface area contributed by atoms with Crippen molar-refractivity contribution in [3.05, 3.63) is 36.0 Å². The highest BCUT2D eigenvalue weighted by Crippen LogP contribution is 2.17. The molecule has 0 aliphatic rings. The zero-order valence-corrected chi connectivity index (χ0v) is 8.40. The van der Waals surface area contributed by atoms with E-state index in [9.17, 15) is 0 Å². The number of rotatable bonds is 3. The minimum atomic E-state index is 0.271. The molecule has 2 aromatic rings. The number of aromatic nitrogens is 1. The second-order valence-electron chi connectivity index (χ2n) is 3.65. The van der Waals surface area contributed by atoms with Crippen LogP contribution >= 0.6 is 0 Å². The summed E-state index contributed by atoms with van der Waals surface area (Å²) in [5.41, 5.74) is 2.57. The Labute approximate surface area is 83.8 Å². The minimum absolute atomic E-state index is 0.271. The molecule has 0 aliphatic heterocycles. The van der Waals surface area contributed by atoms with Crippen molar-refractivity contribution in [3.8, 4) is 0 Å². The monoisotopic (exact) mass is 189 g/mol. The summed E-state index contributed by atoms with van der Waals surface area (Å²) in [6, 6.07) is 8.60. The maximum Gasteiger partial charge on any atom is 0.0477 e. The largest absolute Gasteiger partial charge is 0.396 e. The Morgan fingerprint density at radius 3 is 2.93 bits per heavy atom. The van der Waals surface area contributed by atoms with E-state index in [0.717, 1.165) is 12.8 Å². The van der Waals surface area contributed by atoms with Crippen LogP contribution in [0.3, 0.4) is 0 Å². The summed E-state index contributed by atoms with van der Waals surface area (Å²) in [4.78, 5) is 0. The average Bonchev–Trinajstić information content (AvgIpc) is 2.57. The molecule has 1 N–H and O–H groups in total. The molecular formula is C12H15NO. The highest BCUT2D eigenvalue weighted by molar-refractivity contribution is 5.80. The number of benzene rings is 1. The van der Waals surface area contributed by atoms with Gasteiger partial charge < -0.3 is 9.67 Å². The number of hydrogen-bond donors (Lipinski definition) is 1. The Morgan fingerprint density at radius 1 is 1.29 bits per heavy atom. The molecule has 0 saturated heterocycles. The summed E-state index contributed by atoms with van der Waals surface area (Å²) >= 11 is 0. The topological polar surface area (TPSA) is 25.2 Å². The molecule has 1 heterocycles. The van der Waals surface area contributed by atoms with Crippen molar-refractivity contribution < 1.29 is 5.11 Å². The van der Waals surface area contributed by atoms with Gasteiger partial charge in [-0.25, -0.2) is 0 Å². The number of aliphatic hydroxyl groups excluding tert-OH is 1. The fourth-order valence-corrected chi connectivity index (χ4v) is 1.77. The third-order valence-corrected chi connectivity index (χ3v) is 2.57. The van der Waals surface area contributed by atoms with Crippen LogP contribution in [0.5, 0.6) is 0 Å². The molecule has 0 spiro atoms. The van der Waals surface area contributed by atoms with E-state index in [-0.39, 0.29) is 6.61 Å². The normalized spacial score (nSPS) is 11.0. The molecular weight excluding hydrogens is 174 g/mol. The third-order valence-electron chi connectivity index (χ3n) is 2.57. The SMILES string of the molecule is Cn1ccc2cc(CCCO)ccc21. The van der Waals surface area contributed by atoms with Crippen molar-refractivity contribution in [1.29, 1.82) is 0 Å². The van der Waals surface area contributed by atoms with Gasteiger partial charge in [0.15, 0.2) is 0 Å². The summed E-state index contributed by atoms with van der Waals surface area (Å²) in [6.07, 6.45) is 3.88. The maximum absolute atomic E-state index is 8.74. The maximum atomic E-state index is 8.74. The van der Waals surface area contributed by atoms with Crippen LogP contribution in [-0.2, 0) is 13.5 Å². The highest BCUT2D eigenvalue weighted by Gasteiger charge is 1.99. The number of nitrogens with zero attached hydrogens (tertiary/aromatic N) is 1. The van der Waals surface area contributed by atoms with E-state index in [1.54, 1.807) is 0 Å². The smallest absolute Gasteiger partial charge is 0.0477 e. The summed E-state index contributed by atoms with van der Waals surface area (Å²) in [5, 5.41) is 10.0. The lowest BCUT2D eigenvalue weighted by Gasteiger charge is -2.01. The quantitative estimate of drug-likeness (QED) is 0.786. The highest BCUT2D eigenvalue weighted by atomic mass is 16.2. The van der Waals surface area contributed by atoms with Crippen LogP contribution in [0.25, 0.3) is 10.9 Å². The Bertz CT molecular complexity index is 431. The van der Waals surface area contributed by atoms with E-state index in [2.05, 4.69) is 42.1 Å². The minimum Gasteiger partial charge on any atom is -0.396 e. The van der Waals surface area contributed by atoms with Gasteiger partial charge in [-0.15, -0.1) is 0 Å². The van der Waals surface area contributed by atoms with Crippen LogP contribution in [0.15, 0.2) is 30.5 Å². The molecule has 74 valence electrons. The Kier molecular flexibility index (Phi) is 2.55. The number of fused-ring (bicyclic) bond motifs is 1. The van der Waals surface area contributed by atoms with Crippen molar-refractivity contribution in [2.24, 2.45) is 7.05 Å². The lowest BCUT2D eigenvalue weighted by atomic mass is 10.1. The molecule has 0 atom stereocenters. The lowest BCUT2D eigenvalue weighted by Crippen LogP contribution is -1.89. The molecule has 1 aromatic heterocycles. The number of aliphatic hydroxyl groups is 1. The summed E-state index contributed by atoms with van der Waals surface area (Å²) in [6.45, 7) is 0.271. The van der Waals surface area contributed by atoms with Crippen molar-refractivity contribution in [2.45, 2.75) is 12.8 Å². The fourth-order valence-electron chi connectivity index (χ4n) is 1.77. The average molecular weight is 189 g/mol. The van der Waals surface area contributed by atoms with Crippen molar-refractivity contribution in [1.82, 2.24) is 4.57 Å². The number of aryl methyl sites for hydroxylation is 2. The first kappa shape index (κ1) is 9.28. The van der Waals surface area contributed by atoms with E-state index in [1.807, 2.05) is 0 Å². The van der Waals surface area contributed by atoms with Crippen molar-refractivity contribution in [3.63, 3.8) is 0 Å². The molecule has 0 radical (unpaired) electrons. The molecule has 2 heteroatoms. The Morgan fingerprint density at radius 2 is 2.14 bits per heavy atom. The van der Waals surface area contributed by atoms with Gasteiger partial charge in [0.2, 0.25) is 0 Å². The van der Waals surface area contributed by atoms with Gasteiger partial charge in [0.05, 0.1) is 0 Å². The molecule has 0 aliphatic carbocycles. The molecule has 2 nitrogen and oxygen atoms in total. The second-order valence-corrected chi connectivity index (χ2v) is 3.65. The van der Waals surface area contributed by atoms with Crippen molar-refractivity contribution >= 4 is 10.9 Å². The van der Waals surface area contributed by atoms with Crippen LogP contribution in [0.2, 0.25) is 0 Å². The Hall–Kier alpha value is -1.28. The molecule has 1 aromatic carbocycles. The summed E-state index contributed by atoms with van der Waals surface area (Å²) < 4.78 is 2.12. The summed E-state index contributed by atoms with van der Waals surface area (Å²) in [7, 11) is 2.05. The van der Waals surface area contributed by atoms with Gasteiger partial charge >= 0.3 is 0 Å². The fraction of sp³-hybridized carbons (Fsp3) is 0.333. The first-order valence-electron chi connectivity index (χ1n) is 4.96. The van der Waals surface area contributed by atoms with Crippen molar-refractivity contribution in [2.75, 3.05) is 6.61 Å². The van der Waals surface area contributed by atoms with Crippen LogP contribution < -0.4 is 0 Å². The van der Waals surface area contributed by atoms with Gasteiger partial charge in [-0.2, -0.15) is 0 Å². The van der Waals surface area contributed by atoms with E-state index < -0.39 is 0 Å². The predicted molar refractivity (Wildman–Crippen MR) is 58.3 cm³/mol. The van der Waals surface area contributed by atoms with Gasteiger partial charge in [0.1, 0.15) is 0 Å². The van der Waals surface area contributed by atoms with Gasteiger partial charge in [-0.1, -0.05) is 6.07 Å². The molecule has 14 heavy (non-hydrogen) atoms. The van der Waals surface area contributed by atoms with Crippen LogP contribution in [-0.4, -0.2) is 16.3 Å². The third kappa shape index (κ3) is 1.66. The standard InChI is InChI=1S/C12H15NO/c1-13-7-6-11-9-10(3-2-8-14)4-5-12(11)13/h4-7,9,14H,2-3,8H2,1H3. The molecule has 0 amide bonds. The van der Waals surface area contributed by atoms with Gasteiger partial charge in [0.25, 0.3) is 0 Å². The zero-order valence-electron chi connectivity index (χ0n) is 8.40. The van der Waals surface area contributed by atoms with E-state index in [4.69, 9.17) is 5.11 Å². The number of hydrogen-bond acceptors (Lipinski definition) is 1. The van der Waals surface area contributed by atoms with Crippen LogP contribution in [0, 0.1) is 0 Å². The van der Waals surface area contributed by atoms with Gasteiger partial charge in [-0.05, 0) is 42.0 Å². The summed E-state index contributed by atoms with van der Waals surface area (Å²) in [5.74, 6) is 0. The Balaban J connectivity index is 2.32. The molecule has 0 saturated carbocycles. The second kappa shape index (κ2) is 3.84. The predicted octanol–water partition coefficient (Wildman–Crippen LogP) is 2.10. The molecule has 2 rings (SSSR count). The molecule has 0 unspecified atom stereocenters. The molecule has 0 bridgehead atoms. The van der Waals surface area contributed by atoms with E-state index in [0.29, 0.717) is 0 Å². The van der Waals surface area contributed by atoms with E-state index >= 15 is 0 Å². The van der Waals surface area contributed by atoms with Crippen LogP contribution in [0.4, 0.5) is 0 Å².